The Bertz CT molecular complexity index is 1580. The average Bonchev–Trinajstić information content (AvgIpc) is 2.88. The molecule has 0 aliphatic rings. The van der Waals surface area contributed by atoms with Crippen LogP contribution in [-0.4, -0.2) is 31.2 Å². The second-order valence-electron chi connectivity index (χ2n) is 8.11. The quantitative estimate of drug-likeness (QED) is 0.230. The van der Waals surface area contributed by atoms with Gasteiger partial charge in [0.2, 0.25) is 5.95 Å². The highest BCUT2D eigenvalue weighted by Gasteiger charge is 2.12. The third-order valence-corrected chi connectivity index (χ3v) is 7.15. The predicted molar refractivity (Wildman–Crippen MR) is 144 cm³/mol. The van der Waals surface area contributed by atoms with Crippen molar-refractivity contribution in [2.24, 2.45) is 0 Å². The van der Waals surface area contributed by atoms with Crippen LogP contribution in [0.25, 0.3) is 11.1 Å². The van der Waals surface area contributed by atoms with E-state index in [4.69, 9.17) is 9.52 Å². The number of anilines is 3. The Kier molecular flexibility index (Phi) is 8.04. The standard InChI is InChI=1S/C26H26N5O4S2/c1-3-35-21-12-10-19(11-13-21)24-17-29-26(30-20-7-5-8-22(15-20)36(27)32)31-25(24)28-16-18-6-4-9-23(14-18)37(2,33)34/h4-15,17,27H,3,16H2,1-2H3,(H2,28,29,30,31)/q-1. The lowest BCUT2D eigenvalue weighted by Gasteiger charge is -2.15. The summed E-state index contributed by atoms with van der Waals surface area (Å²) in [5.74, 6) is 1.59. The van der Waals surface area contributed by atoms with Crippen LogP contribution in [0.1, 0.15) is 12.5 Å². The fourth-order valence-electron chi connectivity index (χ4n) is 3.58. The van der Waals surface area contributed by atoms with Crippen molar-refractivity contribution in [3.63, 3.8) is 0 Å². The van der Waals surface area contributed by atoms with Crippen LogP contribution >= 0.6 is 0 Å². The highest BCUT2D eigenvalue weighted by Crippen LogP contribution is 2.30. The second-order valence-corrected chi connectivity index (χ2v) is 11.1. The topological polar surface area (TPSA) is 134 Å². The zero-order valence-electron chi connectivity index (χ0n) is 20.3. The molecule has 0 unspecified atom stereocenters. The van der Waals surface area contributed by atoms with E-state index >= 15 is 0 Å². The van der Waals surface area contributed by atoms with Crippen LogP contribution in [0.3, 0.4) is 0 Å². The molecule has 1 heterocycles. The number of ether oxygens (including phenoxy) is 1. The molecule has 0 atom stereocenters. The van der Waals surface area contributed by atoms with Gasteiger partial charge < -0.3 is 24.4 Å². The summed E-state index contributed by atoms with van der Waals surface area (Å²) in [5.41, 5.74) is 2.99. The molecule has 4 aromatic rings. The molecular weight excluding hydrogens is 510 g/mol. The first-order valence-electron chi connectivity index (χ1n) is 11.4. The van der Waals surface area contributed by atoms with Crippen molar-refractivity contribution in [3.05, 3.63) is 84.6 Å². The molecule has 0 fully saturated rings. The minimum Gasteiger partial charge on any atom is -0.494 e. The summed E-state index contributed by atoms with van der Waals surface area (Å²) in [6.45, 7) is 2.82. The van der Waals surface area contributed by atoms with E-state index in [0.29, 0.717) is 35.5 Å². The van der Waals surface area contributed by atoms with Gasteiger partial charge in [-0.15, -0.1) is 0 Å². The number of benzene rings is 3. The molecular formula is C26H26N5O4S2-. The molecule has 1 aromatic heterocycles. The van der Waals surface area contributed by atoms with Gasteiger partial charge >= 0.3 is 0 Å². The molecule has 11 heteroatoms. The molecule has 0 aliphatic carbocycles. The molecule has 0 saturated carbocycles. The van der Waals surface area contributed by atoms with Gasteiger partial charge in [-0.1, -0.05) is 47.4 Å². The monoisotopic (exact) mass is 536 g/mol. The molecule has 4 rings (SSSR count). The van der Waals surface area contributed by atoms with E-state index in [9.17, 15) is 12.6 Å². The van der Waals surface area contributed by atoms with E-state index in [0.717, 1.165) is 22.4 Å². The molecule has 0 aliphatic heterocycles. The lowest BCUT2D eigenvalue weighted by atomic mass is 10.1. The summed E-state index contributed by atoms with van der Waals surface area (Å²) in [4.78, 5) is 9.72. The Balaban J connectivity index is 1.66. The molecule has 3 aromatic carbocycles. The third-order valence-electron chi connectivity index (χ3n) is 5.36. The van der Waals surface area contributed by atoms with Crippen molar-refractivity contribution in [1.82, 2.24) is 9.97 Å². The Hall–Kier alpha value is -3.96. The zero-order valence-corrected chi connectivity index (χ0v) is 21.9. The normalized spacial score (nSPS) is 11.3. The van der Waals surface area contributed by atoms with Crippen molar-refractivity contribution < 1.29 is 17.4 Å². The van der Waals surface area contributed by atoms with Crippen molar-refractivity contribution >= 4 is 37.9 Å². The minimum atomic E-state index is -3.33. The zero-order chi connectivity index (χ0) is 26.4. The first-order valence-corrected chi connectivity index (χ1v) is 14.4. The summed E-state index contributed by atoms with van der Waals surface area (Å²) in [7, 11) is -5.19. The van der Waals surface area contributed by atoms with Crippen LogP contribution in [0.4, 0.5) is 17.5 Å². The average molecular weight is 537 g/mol. The van der Waals surface area contributed by atoms with Crippen molar-refractivity contribution in [2.45, 2.75) is 23.3 Å². The highest BCUT2D eigenvalue weighted by molar-refractivity contribution is 7.90. The molecule has 0 spiro atoms. The van der Waals surface area contributed by atoms with E-state index < -0.39 is 20.4 Å². The number of nitrogens with one attached hydrogen (secondary N) is 3. The fraction of sp³-hybridized carbons (Fsp3) is 0.154. The molecule has 0 radical (unpaired) electrons. The van der Waals surface area contributed by atoms with E-state index in [1.165, 1.54) is 6.26 Å². The van der Waals surface area contributed by atoms with Gasteiger partial charge in [0, 0.05) is 30.2 Å². The Morgan fingerprint density at radius 3 is 2.49 bits per heavy atom. The lowest BCUT2D eigenvalue weighted by molar-refractivity contribution is 0.340. The predicted octanol–water partition coefficient (Wildman–Crippen LogP) is 5.39. The highest BCUT2D eigenvalue weighted by atomic mass is 32.2. The Morgan fingerprint density at radius 2 is 1.78 bits per heavy atom. The van der Waals surface area contributed by atoms with Crippen LogP contribution in [0.2, 0.25) is 0 Å². The van der Waals surface area contributed by atoms with Gasteiger partial charge in [0.15, 0.2) is 9.84 Å². The van der Waals surface area contributed by atoms with Crippen molar-refractivity contribution in [2.75, 3.05) is 23.5 Å². The van der Waals surface area contributed by atoms with Crippen LogP contribution in [0.15, 0.2) is 88.8 Å². The maximum atomic E-state index is 12.0. The summed E-state index contributed by atoms with van der Waals surface area (Å²) in [6, 6.07) is 21.0. The summed E-state index contributed by atoms with van der Waals surface area (Å²) >= 11 is 0. The molecule has 0 bridgehead atoms. The van der Waals surface area contributed by atoms with Crippen LogP contribution in [-0.2, 0) is 31.2 Å². The minimum absolute atomic E-state index is 0.246. The summed E-state index contributed by atoms with van der Waals surface area (Å²) < 4.78 is 48.5. The maximum absolute atomic E-state index is 12.0. The number of nitrogens with zero attached hydrogens (tertiary/aromatic N) is 2. The second kappa shape index (κ2) is 11.4. The number of aromatic nitrogens is 2. The fourth-order valence-corrected chi connectivity index (χ4v) is 4.70. The van der Waals surface area contributed by atoms with Gasteiger partial charge in [-0.2, -0.15) is 15.6 Å². The van der Waals surface area contributed by atoms with Gasteiger partial charge in [-0.25, -0.2) is 13.4 Å². The van der Waals surface area contributed by atoms with Crippen molar-refractivity contribution in [3.8, 4) is 16.9 Å². The van der Waals surface area contributed by atoms with Crippen LogP contribution < -0.4 is 15.4 Å². The van der Waals surface area contributed by atoms with E-state index in [1.54, 1.807) is 48.7 Å². The first kappa shape index (κ1) is 26.1. The summed E-state index contributed by atoms with van der Waals surface area (Å²) in [5, 5.41) is 6.40. The first-order chi connectivity index (χ1) is 17.7. The number of rotatable bonds is 10. The maximum Gasteiger partial charge on any atom is 0.229 e. The smallest absolute Gasteiger partial charge is 0.229 e. The van der Waals surface area contributed by atoms with Crippen molar-refractivity contribution in [1.29, 1.82) is 4.78 Å². The van der Waals surface area contributed by atoms with Crippen LogP contribution in [0.5, 0.6) is 5.75 Å². The van der Waals surface area contributed by atoms with Gasteiger partial charge in [0.05, 0.1) is 11.5 Å². The Labute approximate surface area is 217 Å². The van der Waals surface area contributed by atoms with E-state index in [2.05, 4.69) is 20.6 Å². The number of hydrogen-bond donors (Lipinski definition) is 3. The van der Waals surface area contributed by atoms with E-state index in [-0.39, 0.29) is 4.90 Å². The number of sulfone groups is 1. The molecule has 192 valence electrons. The van der Waals surface area contributed by atoms with Crippen LogP contribution in [0, 0.1) is 4.78 Å². The van der Waals surface area contributed by atoms with Gasteiger partial charge in [-0.05, 0) is 48.4 Å². The van der Waals surface area contributed by atoms with Gasteiger partial charge in [0.25, 0.3) is 0 Å². The summed E-state index contributed by atoms with van der Waals surface area (Å²) in [6.07, 6.45) is 2.87. The largest absolute Gasteiger partial charge is 0.494 e. The third kappa shape index (κ3) is 6.83. The van der Waals surface area contributed by atoms with Gasteiger partial charge in [0.1, 0.15) is 11.6 Å². The lowest BCUT2D eigenvalue weighted by Crippen LogP contribution is -2.07. The number of hydrogen-bond acceptors (Lipinski definition) is 10. The SMILES string of the molecule is CCOc1ccc(-c2cnc(Nc3cccc([S-](=N)=O)c3)nc2NCc2cccc(S(C)(=O)=O)c2)cc1. The molecule has 0 saturated heterocycles. The molecule has 0 amide bonds. The molecule has 3 N–H and O–H groups in total. The van der Waals surface area contributed by atoms with Gasteiger partial charge in [-0.3, -0.25) is 0 Å². The van der Waals surface area contributed by atoms with E-state index in [1.807, 2.05) is 37.3 Å². The molecule has 9 nitrogen and oxygen atoms in total. The molecule has 37 heavy (non-hydrogen) atoms. The Morgan fingerprint density at radius 1 is 1.03 bits per heavy atom.